The van der Waals surface area contributed by atoms with E-state index in [1.165, 1.54) is 11.1 Å². The third-order valence-electron chi connectivity index (χ3n) is 4.98. The van der Waals surface area contributed by atoms with Crippen molar-refractivity contribution in [3.05, 3.63) is 57.6 Å². The van der Waals surface area contributed by atoms with Crippen LogP contribution < -0.4 is 10.2 Å². The van der Waals surface area contributed by atoms with E-state index in [2.05, 4.69) is 56.2 Å². The largest absolute Gasteiger partial charge is 0.341 e. The summed E-state index contributed by atoms with van der Waals surface area (Å²) in [5.41, 5.74) is 3.90. The molecule has 26 heavy (non-hydrogen) atoms. The van der Waals surface area contributed by atoms with E-state index in [0.717, 1.165) is 23.6 Å². The second kappa shape index (κ2) is 7.18. The maximum atomic E-state index is 6.23. The topological polar surface area (TPSA) is 27.6 Å². The summed E-state index contributed by atoms with van der Waals surface area (Å²) < 4.78 is 0. The van der Waals surface area contributed by atoms with E-state index >= 15 is 0 Å². The Labute approximate surface area is 170 Å². The van der Waals surface area contributed by atoms with Gasteiger partial charge in [-0.3, -0.25) is 0 Å². The van der Waals surface area contributed by atoms with E-state index in [0.29, 0.717) is 15.2 Å². The average Bonchev–Trinajstić information content (AvgIpc) is 2.84. The van der Waals surface area contributed by atoms with Crippen LogP contribution in [0.1, 0.15) is 31.4 Å². The van der Waals surface area contributed by atoms with Crippen LogP contribution in [-0.2, 0) is 0 Å². The number of aliphatic imine (C=N–C) groups is 1. The fourth-order valence-electron chi connectivity index (χ4n) is 3.22. The SMILES string of the molecule is CC[C@]1(C)C(Nc2c(C)cccc2C)=NC(=S)N1c1ccc(Cl)c(Cl)c1. The maximum absolute atomic E-state index is 6.23. The van der Waals surface area contributed by atoms with Gasteiger partial charge in [0.15, 0.2) is 0 Å². The molecule has 1 aliphatic heterocycles. The highest BCUT2D eigenvalue weighted by molar-refractivity contribution is 7.80. The molecule has 0 radical (unpaired) electrons. The molecule has 2 aromatic rings. The summed E-state index contributed by atoms with van der Waals surface area (Å²) in [5.74, 6) is 0.841. The lowest BCUT2D eigenvalue weighted by Crippen LogP contribution is -2.51. The summed E-state index contributed by atoms with van der Waals surface area (Å²) >= 11 is 17.9. The van der Waals surface area contributed by atoms with Crippen LogP contribution in [0.4, 0.5) is 11.4 Å². The first kappa shape index (κ1) is 19.2. The summed E-state index contributed by atoms with van der Waals surface area (Å²) in [7, 11) is 0. The fraction of sp³-hybridized carbons (Fsp3) is 0.300. The van der Waals surface area contributed by atoms with Gasteiger partial charge in [0.25, 0.3) is 0 Å². The molecule has 1 aliphatic rings. The molecule has 3 nitrogen and oxygen atoms in total. The van der Waals surface area contributed by atoms with Crippen LogP contribution in [-0.4, -0.2) is 16.5 Å². The Kier molecular flexibility index (Phi) is 5.29. The van der Waals surface area contributed by atoms with Gasteiger partial charge in [-0.15, -0.1) is 0 Å². The Morgan fingerprint density at radius 1 is 1.12 bits per heavy atom. The highest BCUT2D eigenvalue weighted by Crippen LogP contribution is 2.37. The number of hydrogen-bond acceptors (Lipinski definition) is 2. The highest BCUT2D eigenvalue weighted by Gasteiger charge is 2.44. The molecule has 0 bridgehead atoms. The summed E-state index contributed by atoms with van der Waals surface area (Å²) in [6.07, 6.45) is 0.824. The molecule has 0 aromatic heterocycles. The molecule has 1 N–H and O–H groups in total. The van der Waals surface area contributed by atoms with Crippen LogP contribution in [0, 0.1) is 13.8 Å². The van der Waals surface area contributed by atoms with Gasteiger partial charge in [0.2, 0.25) is 5.11 Å². The third-order valence-corrected chi connectivity index (χ3v) is 5.99. The van der Waals surface area contributed by atoms with Gasteiger partial charge in [0, 0.05) is 11.4 Å². The van der Waals surface area contributed by atoms with Crippen molar-refractivity contribution >= 4 is 57.7 Å². The molecule has 0 amide bonds. The summed E-state index contributed by atoms with van der Waals surface area (Å²) in [6.45, 7) is 8.43. The van der Waals surface area contributed by atoms with Crippen LogP contribution in [0.5, 0.6) is 0 Å². The zero-order valence-corrected chi connectivity index (χ0v) is 17.6. The third kappa shape index (κ3) is 3.22. The van der Waals surface area contributed by atoms with Crippen molar-refractivity contribution in [2.75, 3.05) is 10.2 Å². The van der Waals surface area contributed by atoms with E-state index in [9.17, 15) is 0 Å². The monoisotopic (exact) mass is 405 g/mol. The van der Waals surface area contributed by atoms with Crippen molar-refractivity contribution in [2.45, 2.75) is 39.7 Å². The number of aryl methyl sites for hydroxylation is 2. The number of rotatable bonds is 3. The number of anilines is 2. The molecular weight excluding hydrogens is 385 g/mol. The zero-order valence-electron chi connectivity index (χ0n) is 15.2. The molecule has 0 spiro atoms. The maximum Gasteiger partial charge on any atom is 0.202 e. The summed E-state index contributed by atoms with van der Waals surface area (Å²) in [6, 6.07) is 11.8. The lowest BCUT2D eigenvalue weighted by atomic mass is 9.94. The van der Waals surface area contributed by atoms with Gasteiger partial charge in [0.05, 0.1) is 10.0 Å². The molecule has 6 heteroatoms. The Bertz CT molecular complexity index is 890. The molecule has 0 fully saturated rings. The first-order chi connectivity index (χ1) is 12.3. The van der Waals surface area contributed by atoms with Crippen LogP contribution in [0.25, 0.3) is 0 Å². The molecule has 1 atom stereocenters. The predicted molar refractivity (Wildman–Crippen MR) is 117 cm³/mol. The molecule has 0 unspecified atom stereocenters. The quantitative estimate of drug-likeness (QED) is 0.598. The van der Waals surface area contributed by atoms with Gasteiger partial charge in [-0.25, -0.2) is 4.99 Å². The Morgan fingerprint density at radius 3 is 2.35 bits per heavy atom. The molecule has 3 rings (SSSR count). The van der Waals surface area contributed by atoms with Crippen molar-refractivity contribution < 1.29 is 0 Å². The minimum atomic E-state index is -0.400. The minimum Gasteiger partial charge on any atom is -0.341 e. The van der Waals surface area contributed by atoms with Crippen molar-refractivity contribution in [2.24, 2.45) is 4.99 Å². The van der Waals surface area contributed by atoms with Gasteiger partial charge in [-0.2, -0.15) is 0 Å². The Balaban J connectivity index is 2.02. The number of nitrogens with one attached hydrogen (secondary N) is 1. The van der Waals surface area contributed by atoms with Crippen LogP contribution in [0.3, 0.4) is 0 Å². The van der Waals surface area contributed by atoms with Crippen LogP contribution in [0.15, 0.2) is 41.4 Å². The number of amidine groups is 1. The van der Waals surface area contributed by atoms with E-state index in [4.69, 9.17) is 35.4 Å². The van der Waals surface area contributed by atoms with E-state index in [1.54, 1.807) is 6.07 Å². The van der Waals surface area contributed by atoms with E-state index < -0.39 is 5.54 Å². The Hall–Kier alpha value is -1.62. The number of para-hydroxylation sites is 1. The number of nitrogens with zero attached hydrogens (tertiary/aromatic N) is 2. The van der Waals surface area contributed by atoms with Crippen molar-refractivity contribution in [3.8, 4) is 0 Å². The normalized spacial score (nSPS) is 19.7. The number of thiocarbonyl (C=S) groups is 1. The molecule has 136 valence electrons. The Morgan fingerprint density at radius 2 is 1.77 bits per heavy atom. The molecule has 0 aliphatic carbocycles. The van der Waals surface area contributed by atoms with Gasteiger partial charge in [0.1, 0.15) is 11.4 Å². The first-order valence-electron chi connectivity index (χ1n) is 8.49. The summed E-state index contributed by atoms with van der Waals surface area (Å²) in [5, 5.41) is 5.08. The predicted octanol–water partition coefficient (Wildman–Crippen LogP) is 6.39. The van der Waals surface area contributed by atoms with E-state index in [-0.39, 0.29) is 0 Å². The molecule has 1 heterocycles. The van der Waals surface area contributed by atoms with Crippen LogP contribution >= 0.6 is 35.4 Å². The molecular formula is C20H21Cl2N3S. The number of halogens is 2. The van der Waals surface area contributed by atoms with Gasteiger partial charge < -0.3 is 10.2 Å². The molecule has 0 saturated carbocycles. The minimum absolute atomic E-state index is 0.400. The standard InChI is InChI=1S/C20H21Cl2N3S/c1-5-20(4)18(23-17-12(2)7-6-8-13(17)3)24-19(26)25(20)14-9-10-15(21)16(22)11-14/h6-11H,5H2,1-4H3,(H,23,24,26)/t20-/m1/s1. The lowest BCUT2D eigenvalue weighted by Gasteiger charge is -2.36. The van der Waals surface area contributed by atoms with E-state index in [1.807, 2.05) is 17.0 Å². The highest BCUT2D eigenvalue weighted by atomic mass is 35.5. The van der Waals surface area contributed by atoms with Gasteiger partial charge in [-0.1, -0.05) is 48.3 Å². The first-order valence-corrected chi connectivity index (χ1v) is 9.66. The zero-order chi connectivity index (χ0) is 19.1. The number of benzene rings is 2. The second-order valence-electron chi connectivity index (χ2n) is 6.70. The van der Waals surface area contributed by atoms with Crippen molar-refractivity contribution in [1.82, 2.24) is 0 Å². The van der Waals surface area contributed by atoms with Gasteiger partial charge >= 0.3 is 0 Å². The number of hydrogen-bond donors (Lipinski definition) is 1. The van der Waals surface area contributed by atoms with Gasteiger partial charge in [-0.05, 0) is 68.7 Å². The summed E-state index contributed by atoms with van der Waals surface area (Å²) in [4.78, 5) is 6.73. The fourth-order valence-corrected chi connectivity index (χ4v) is 3.91. The van der Waals surface area contributed by atoms with Crippen LogP contribution in [0.2, 0.25) is 10.0 Å². The second-order valence-corrected chi connectivity index (χ2v) is 7.88. The average molecular weight is 406 g/mol. The molecule has 0 saturated heterocycles. The lowest BCUT2D eigenvalue weighted by molar-refractivity contribution is 0.608. The smallest absolute Gasteiger partial charge is 0.202 e. The van der Waals surface area contributed by atoms with Crippen molar-refractivity contribution in [1.29, 1.82) is 0 Å². The van der Waals surface area contributed by atoms with Crippen molar-refractivity contribution in [3.63, 3.8) is 0 Å². The molecule has 2 aromatic carbocycles.